The Morgan fingerprint density at radius 3 is 1.09 bits per heavy atom. The van der Waals surface area contributed by atoms with E-state index in [0.29, 0.717) is 0 Å². The van der Waals surface area contributed by atoms with Gasteiger partial charge in [-0.05, 0) is 6.92 Å². The largest absolute Gasteiger partial charge is 0.400 e. The topological polar surface area (TPSA) is 29.5 Å². The van der Waals surface area contributed by atoms with Gasteiger partial charge in [0.2, 0.25) is 0 Å². The van der Waals surface area contributed by atoms with Gasteiger partial charge in [-0.3, -0.25) is 0 Å². The number of methoxy groups -OCH3 is 1. The smallest absolute Gasteiger partial charge is 0.0433 e. The summed E-state index contributed by atoms with van der Waals surface area (Å²) in [4.78, 5) is 0. The van der Waals surface area contributed by atoms with Crippen LogP contribution in [0.1, 0.15) is 41.0 Å². The van der Waals surface area contributed by atoms with Gasteiger partial charge >= 0.3 is 0 Å². The van der Waals surface area contributed by atoms with Gasteiger partial charge in [-0.2, -0.15) is 0 Å². The summed E-state index contributed by atoms with van der Waals surface area (Å²) < 4.78 is 4.54. The van der Waals surface area contributed by atoms with Gasteiger partial charge in [0, 0.05) is 20.8 Å². The molecule has 0 aromatic rings. The van der Waals surface area contributed by atoms with Crippen molar-refractivity contribution in [3.8, 4) is 0 Å². The Balaban J connectivity index is -0.0000000315. The highest BCUT2D eigenvalue weighted by Gasteiger charge is 1.51. The Labute approximate surface area is 72.6 Å². The maximum absolute atomic E-state index is 7.00. The van der Waals surface area contributed by atoms with E-state index in [1.54, 1.807) is 7.11 Å². The third-order valence-electron chi connectivity index (χ3n) is 0.289. The maximum Gasteiger partial charge on any atom is 0.0433 e. The lowest BCUT2D eigenvalue weighted by Crippen LogP contribution is -1.73. The zero-order valence-corrected chi connectivity index (χ0v) is 9.27. The molecule has 0 saturated heterocycles. The number of hydrogen-bond acceptors (Lipinski definition) is 2. The molecule has 0 unspecified atom stereocenters. The lowest BCUT2D eigenvalue weighted by atomic mass is 10.6. The highest BCUT2D eigenvalue weighted by atomic mass is 16.5. The Morgan fingerprint density at radius 2 is 1.09 bits per heavy atom. The average Bonchev–Trinajstić information content (AvgIpc) is 2.12. The normalized spacial score (nSPS) is 5.45. The number of rotatable bonds is 1. The molecule has 74 valence electrons. The molecule has 11 heavy (non-hydrogen) atoms. The van der Waals surface area contributed by atoms with E-state index in [1.807, 2.05) is 20.8 Å². The summed E-state index contributed by atoms with van der Waals surface area (Å²) in [6, 6.07) is 0. The monoisotopic (exact) mass is 166 g/mol. The van der Waals surface area contributed by atoms with Gasteiger partial charge in [0.05, 0.1) is 0 Å². The molecule has 0 heterocycles. The maximum atomic E-state index is 7.00. The van der Waals surface area contributed by atoms with Crippen LogP contribution in [0.4, 0.5) is 0 Å². The molecule has 0 aromatic heterocycles. The van der Waals surface area contributed by atoms with Gasteiger partial charge < -0.3 is 9.84 Å². The molecule has 2 heteroatoms. The number of aliphatic hydroxyl groups is 1. The third kappa shape index (κ3) is 735. The summed E-state index contributed by atoms with van der Waals surface area (Å²) in [6.07, 6.45) is 1.25. The highest BCUT2D eigenvalue weighted by molar-refractivity contribution is 3.94. The van der Waals surface area contributed by atoms with E-state index >= 15 is 0 Å². The molecule has 0 saturated carbocycles. The molecule has 0 aromatic carbocycles. The van der Waals surface area contributed by atoms with Crippen molar-refractivity contribution in [1.29, 1.82) is 0 Å². The predicted molar refractivity (Wildman–Crippen MR) is 53.0 cm³/mol. The molecular formula is C9H26O2. The van der Waals surface area contributed by atoms with Gasteiger partial charge in [-0.15, -0.1) is 0 Å². The fraction of sp³-hybridized carbons (Fsp3) is 1.00. The fourth-order valence-corrected chi connectivity index (χ4v) is 0. The van der Waals surface area contributed by atoms with E-state index in [9.17, 15) is 0 Å². The van der Waals surface area contributed by atoms with Crippen LogP contribution in [-0.2, 0) is 4.74 Å². The van der Waals surface area contributed by atoms with Crippen LogP contribution in [-0.4, -0.2) is 25.9 Å². The van der Waals surface area contributed by atoms with Gasteiger partial charge in [0.1, 0.15) is 0 Å². The van der Waals surface area contributed by atoms with Crippen molar-refractivity contribution in [2.75, 3.05) is 20.8 Å². The summed E-state index contributed by atoms with van der Waals surface area (Å²) in [7, 11) is 2.68. The van der Waals surface area contributed by atoms with Gasteiger partial charge in [0.15, 0.2) is 0 Å². The second-order valence-corrected chi connectivity index (χ2v) is 1.28. The molecule has 0 bridgehead atoms. The van der Waals surface area contributed by atoms with Crippen molar-refractivity contribution < 1.29 is 9.84 Å². The van der Waals surface area contributed by atoms with Gasteiger partial charge in [-0.25, -0.2) is 0 Å². The average molecular weight is 166 g/mol. The summed E-state index contributed by atoms with van der Waals surface area (Å²) in [5.41, 5.74) is 0. The standard InChI is InChI=1S/C3H8O.C3H8.C2H6.CH4O/c1-3-4-2;1-3-2;2*1-2/h3H2,1-2H3;3H2,1-2H3;1-2H3;2H,1H3. The molecule has 0 aliphatic rings. The van der Waals surface area contributed by atoms with Crippen molar-refractivity contribution in [2.24, 2.45) is 0 Å². The first-order chi connectivity index (χ1) is 5.33. The van der Waals surface area contributed by atoms with Crippen molar-refractivity contribution in [2.45, 2.75) is 41.0 Å². The second kappa shape index (κ2) is 92.6. The minimum absolute atomic E-state index is 0.819. The van der Waals surface area contributed by atoms with Crippen LogP contribution in [0.25, 0.3) is 0 Å². The minimum atomic E-state index is 0.819. The molecule has 1 N–H and O–H groups in total. The van der Waals surface area contributed by atoms with Gasteiger partial charge in [0.25, 0.3) is 0 Å². The van der Waals surface area contributed by atoms with Crippen molar-refractivity contribution in [3.63, 3.8) is 0 Å². The number of hydrogen-bond donors (Lipinski definition) is 1. The minimum Gasteiger partial charge on any atom is -0.400 e. The van der Waals surface area contributed by atoms with Crippen LogP contribution < -0.4 is 0 Å². The van der Waals surface area contributed by atoms with Gasteiger partial charge in [-0.1, -0.05) is 34.1 Å². The molecule has 0 fully saturated rings. The van der Waals surface area contributed by atoms with Crippen molar-refractivity contribution in [1.82, 2.24) is 0 Å². The van der Waals surface area contributed by atoms with Crippen LogP contribution in [0, 0.1) is 0 Å². The summed E-state index contributed by atoms with van der Waals surface area (Å²) in [5, 5.41) is 7.00. The van der Waals surface area contributed by atoms with Crippen molar-refractivity contribution in [3.05, 3.63) is 0 Å². The van der Waals surface area contributed by atoms with Crippen molar-refractivity contribution >= 4 is 0 Å². The Morgan fingerprint density at radius 1 is 1.00 bits per heavy atom. The predicted octanol–water partition coefficient (Wildman–Crippen LogP) is 2.70. The quantitative estimate of drug-likeness (QED) is 0.649. The lowest BCUT2D eigenvalue weighted by Gasteiger charge is -1.76. The Hall–Kier alpha value is -0.0800. The molecule has 2 nitrogen and oxygen atoms in total. The lowest BCUT2D eigenvalue weighted by molar-refractivity contribution is 0.215. The molecule has 0 amide bonds. The molecule has 0 atom stereocenters. The second-order valence-electron chi connectivity index (χ2n) is 1.28. The summed E-state index contributed by atoms with van der Waals surface area (Å²) in [5.74, 6) is 0. The summed E-state index contributed by atoms with van der Waals surface area (Å²) in [6.45, 7) is 11.0. The van der Waals surface area contributed by atoms with E-state index in [0.717, 1.165) is 13.7 Å². The Kier molecular flexibility index (Phi) is 189. The first kappa shape index (κ1) is 22.4. The van der Waals surface area contributed by atoms with Crippen LogP contribution in [0.3, 0.4) is 0 Å². The van der Waals surface area contributed by atoms with E-state index in [4.69, 9.17) is 5.11 Å². The van der Waals surface area contributed by atoms with Crippen LogP contribution >= 0.6 is 0 Å². The van der Waals surface area contributed by atoms with Crippen LogP contribution in [0.15, 0.2) is 0 Å². The molecule has 0 rings (SSSR count). The van der Waals surface area contributed by atoms with E-state index < -0.39 is 0 Å². The molecular weight excluding hydrogens is 140 g/mol. The first-order valence-electron chi connectivity index (χ1n) is 4.27. The Bertz CT molecular complexity index is 15.0. The zero-order chi connectivity index (χ0) is 10.1. The molecule has 0 spiro atoms. The van der Waals surface area contributed by atoms with Crippen LogP contribution in [0.5, 0.6) is 0 Å². The zero-order valence-electron chi connectivity index (χ0n) is 9.27. The molecule has 0 radical (unpaired) electrons. The third-order valence-corrected chi connectivity index (χ3v) is 0.289. The SMILES string of the molecule is CC.CCC.CCOC.CO. The van der Waals surface area contributed by atoms with E-state index in [1.165, 1.54) is 6.42 Å². The summed E-state index contributed by atoms with van der Waals surface area (Å²) >= 11 is 0. The van der Waals surface area contributed by atoms with Crippen LogP contribution in [0.2, 0.25) is 0 Å². The fourth-order valence-electron chi connectivity index (χ4n) is 0. The molecule has 0 aliphatic carbocycles. The highest BCUT2D eigenvalue weighted by Crippen LogP contribution is 1.56. The molecule has 0 aliphatic heterocycles. The number of ether oxygens (including phenoxy) is 1. The van der Waals surface area contributed by atoms with E-state index in [2.05, 4.69) is 18.6 Å². The number of aliphatic hydroxyl groups excluding tert-OH is 1. The first-order valence-corrected chi connectivity index (χ1v) is 4.27. The van der Waals surface area contributed by atoms with E-state index in [-0.39, 0.29) is 0 Å².